The number of non-ortho nitro benzene ring substituents is 1. The van der Waals surface area contributed by atoms with Crippen LogP contribution in [0.1, 0.15) is 20.7 Å². The van der Waals surface area contributed by atoms with Crippen LogP contribution in [0.4, 0.5) is 16.5 Å². The molecule has 0 bridgehead atoms. The van der Waals surface area contributed by atoms with Crippen LogP contribution < -0.4 is 10.6 Å². The Labute approximate surface area is 151 Å². The highest BCUT2D eigenvalue weighted by Crippen LogP contribution is 2.20. The molecule has 130 valence electrons. The van der Waals surface area contributed by atoms with E-state index in [2.05, 4.69) is 15.6 Å². The number of nitrogens with zero attached hydrogens (tertiary/aromatic N) is 2. The van der Waals surface area contributed by atoms with Gasteiger partial charge in [0, 0.05) is 29.3 Å². The zero-order valence-electron chi connectivity index (χ0n) is 13.2. The molecule has 1 aromatic heterocycles. The highest BCUT2D eigenvalue weighted by molar-refractivity contribution is 7.13. The van der Waals surface area contributed by atoms with E-state index < -0.39 is 16.7 Å². The fourth-order valence-corrected chi connectivity index (χ4v) is 2.72. The van der Waals surface area contributed by atoms with E-state index in [-0.39, 0.29) is 22.5 Å². The minimum atomic E-state index is -0.577. The number of hydrogen-bond acceptors (Lipinski definition) is 6. The van der Waals surface area contributed by atoms with Gasteiger partial charge in [0.15, 0.2) is 5.13 Å². The van der Waals surface area contributed by atoms with Crippen LogP contribution in [0, 0.1) is 10.1 Å². The van der Waals surface area contributed by atoms with E-state index >= 15 is 0 Å². The highest BCUT2D eigenvalue weighted by atomic mass is 32.1. The second-order valence-corrected chi connectivity index (χ2v) is 5.99. The Morgan fingerprint density at radius 2 is 1.85 bits per heavy atom. The molecule has 3 rings (SSSR count). The van der Waals surface area contributed by atoms with Crippen molar-refractivity contribution in [3.05, 3.63) is 81.3 Å². The van der Waals surface area contributed by atoms with Crippen molar-refractivity contribution in [2.45, 2.75) is 0 Å². The molecule has 8 nitrogen and oxygen atoms in total. The molecule has 0 aliphatic rings. The van der Waals surface area contributed by atoms with Gasteiger partial charge in [0.2, 0.25) is 0 Å². The largest absolute Gasteiger partial charge is 0.321 e. The predicted octanol–water partition coefficient (Wildman–Crippen LogP) is 3.56. The Kier molecular flexibility index (Phi) is 4.99. The Balaban J connectivity index is 1.82. The molecule has 2 aromatic carbocycles. The molecule has 9 heteroatoms. The van der Waals surface area contributed by atoms with Gasteiger partial charge in [0.25, 0.3) is 17.5 Å². The maximum Gasteiger partial charge on any atom is 0.270 e. The minimum Gasteiger partial charge on any atom is -0.321 e. The number of hydrogen-bond donors (Lipinski definition) is 2. The van der Waals surface area contributed by atoms with Gasteiger partial charge in [-0.2, -0.15) is 0 Å². The Bertz CT molecular complexity index is 972. The number of aromatic nitrogens is 1. The van der Waals surface area contributed by atoms with E-state index in [9.17, 15) is 19.7 Å². The van der Waals surface area contributed by atoms with Crippen LogP contribution in [0.25, 0.3) is 0 Å². The van der Waals surface area contributed by atoms with Gasteiger partial charge < -0.3 is 5.32 Å². The van der Waals surface area contributed by atoms with Crippen LogP contribution in [0.2, 0.25) is 0 Å². The summed E-state index contributed by atoms with van der Waals surface area (Å²) in [5.41, 5.74) is 0.473. The first-order chi connectivity index (χ1) is 12.5. The van der Waals surface area contributed by atoms with Crippen LogP contribution in [0.5, 0.6) is 0 Å². The van der Waals surface area contributed by atoms with Crippen LogP contribution >= 0.6 is 11.3 Å². The highest BCUT2D eigenvalue weighted by Gasteiger charge is 2.16. The number of nitrogens with one attached hydrogen (secondary N) is 2. The van der Waals surface area contributed by atoms with E-state index in [0.717, 1.165) is 0 Å². The first-order valence-corrected chi connectivity index (χ1v) is 8.28. The van der Waals surface area contributed by atoms with E-state index in [1.807, 2.05) is 0 Å². The normalized spacial score (nSPS) is 10.2. The zero-order valence-corrected chi connectivity index (χ0v) is 14.0. The summed E-state index contributed by atoms with van der Waals surface area (Å²) in [6, 6.07) is 11.8. The maximum atomic E-state index is 12.4. The van der Waals surface area contributed by atoms with Crippen molar-refractivity contribution < 1.29 is 14.5 Å². The van der Waals surface area contributed by atoms with Crippen molar-refractivity contribution in [1.29, 1.82) is 0 Å². The summed E-state index contributed by atoms with van der Waals surface area (Å²) >= 11 is 1.27. The van der Waals surface area contributed by atoms with E-state index in [4.69, 9.17) is 0 Å². The molecule has 0 atom stereocenters. The summed E-state index contributed by atoms with van der Waals surface area (Å²) in [5.74, 6) is -0.974. The summed E-state index contributed by atoms with van der Waals surface area (Å²) < 4.78 is 0. The number of thiazole rings is 1. The molecule has 0 spiro atoms. The zero-order chi connectivity index (χ0) is 18.5. The van der Waals surface area contributed by atoms with Crippen molar-refractivity contribution in [3.63, 3.8) is 0 Å². The lowest BCUT2D eigenvalue weighted by Crippen LogP contribution is -2.18. The third kappa shape index (κ3) is 3.90. The molecule has 0 saturated carbocycles. The molecule has 0 saturated heterocycles. The summed E-state index contributed by atoms with van der Waals surface area (Å²) in [5, 5.41) is 18.3. The predicted molar refractivity (Wildman–Crippen MR) is 97.6 cm³/mol. The molecule has 2 N–H and O–H groups in total. The number of carbonyl (C=O) groups excluding carboxylic acids is 2. The summed E-state index contributed by atoms with van der Waals surface area (Å²) in [6.45, 7) is 0. The standard InChI is InChI=1S/C17H12N4O4S/c22-15(11-4-3-5-12(10-11)21(24)25)19-14-7-2-1-6-13(14)16(23)20-17-18-8-9-26-17/h1-10H,(H,19,22)(H,18,20,23). The number of nitro benzene ring substituents is 1. The average molecular weight is 368 g/mol. The lowest BCUT2D eigenvalue weighted by Gasteiger charge is -2.10. The molecule has 2 amide bonds. The van der Waals surface area contributed by atoms with Gasteiger partial charge in [-0.15, -0.1) is 11.3 Å². The van der Waals surface area contributed by atoms with Crippen molar-refractivity contribution in [2.75, 3.05) is 10.6 Å². The minimum absolute atomic E-state index is 0.120. The molecule has 0 unspecified atom stereocenters. The van der Waals surface area contributed by atoms with Crippen LogP contribution in [0.3, 0.4) is 0 Å². The molecular formula is C17H12N4O4S. The van der Waals surface area contributed by atoms with Gasteiger partial charge in [-0.05, 0) is 18.2 Å². The van der Waals surface area contributed by atoms with Crippen LogP contribution in [-0.4, -0.2) is 21.7 Å². The Morgan fingerprint density at radius 1 is 1.04 bits per heavy atom. The number of anilines is 2. The molecule has 0 aliphatic heterocycles. The number of nitro groups is 1. The van der Waals surface area contributed by atoms with Gasteiger partial charge in [0.1, 0.15) is 0 Å². The molecule has 3 aromatic rings. The van der Waals surface area contributed by atoms with Gasteiger partial charge in [-0.1, -0.05) is 18.2 Å². The number of carbonyl (C=O) groups is 2. The molecule has 26 heavy (non-hydrogen) atoms. The summed E-state index contributed by atoms with van der Waals surface area (Å²) in [4.78, 5) is 39.1. The molecular weight excluding hydrogens is 356 g/mol. The molecule has 0 radical (unpaired) electrons. The third-order valence-corrected chi connectivity index (χ3v) is 4.08. The van der Waals surface area contributed by atoms with Gasteiger partial charge in [-0.3, -0.25) is 25.0 Å². The third-order valence-electron chi connectivity index (χ3n) is 3.39. The topological polar surface area (TPSA) is 114 Å². The first-order valence-electron chi connectivity index (χ1n) is 7.40. The molecule has 0 fully saturated rings. The van der Waals surface area contributed by atoms with Crippen LogP contribution in [-0.2, 0) is 0 Å². The quantitative estimate of drug-likeness (QED) is 0.528. The van der Waals surface area contributed by atoms with E-state index in [1.54, 1.807) is 35.8 Å². The van der Waals surface area contributed by atoms with Gasteiger partial charge in [-0.25, -0.2) is 4.98 Å². The number of rotatable bonds is 5. The Hall–Kier alpha value is -3.59. The SMILES string of the molecule is O=C(Nc1ccccc1C(=O)Nc1nccs1)c1cccc([N+](=O)[O-])c1. The maximum absolute atomic E-state index is 12.4. The summed E-state index contributed by atoms with van der Waals surface area (Å²) in [6.07, 6.45) is 1.57. The molecule has 0 aliphatic carbocycles. The van der Waals surface area contributed by atoms with Gasteiger partial charge in [0.05, 0.1) is 16.2 Å². The van der Waals surface area contributed by atoms with E-state index in [0.29, 0.717) is 5.13 Å². The lowest BCUT2D eigenvalue weighted by atomic mass is 10.1. The fraction of sp³-hybridized carbons (Fsp3) is 0. The van der Waals surface area contributed by atoms with E-state index in [1.165, 1.54) is 35.6 Å². The fourth-order valence-electron chi connectivity index (χ4n) is 2.19. The number of benzene rings is 2. The van der Waals surface area contributed by atoms with Crippen LogP contribution in [0.15, 0.2) is 60.1 Å². The smallest absolute Gasteiger partial charge is 0.270 e. The lowest BCUT2D eigenvalue weighted by molar-refractivity contribution is -0.384. The Morgan fingerprint density at radius 3 is 2.58 bits per heavy atom. The van der Waals surface area contributed by atoms with Crippen molar-refractivity contribution in [2.24, 2.45) is 0 Å². The number of amides is 2. The van der Waals surface area contributed by atoms with Gasteiger partial charge >= 0.3 is 0 Å². The average Bonchev–Trinajstić information content (AvgIpc) is 3.15. The molecule has 1 heterocycles. The van der Waals surface area contributed by atoms with Crippen molar-refractivity contribution in [3.8, 4) is 0 Å². The summed E-state index contributed by atoms with van der Waals surface area (Å²) in [7, 11) is 0. The first kappa shape index (κ1) is 17.2. The number of para-hydroxylation sites is 1. The van der Waals surface area contributed by atoms with Crippen molar-refractivity contribution in [1.82, 2.24) is 4.98 Å². The second-order valence-electron chi connectivity index (χ2n) is 5.10. The monoisotopic (exact) mass is 368 g/mol. The second kappa shape index (κ2) is 7.53. The van der Waals surface area contributed by atoms with Crippen molar-refractivity contribution >= 4 is 39.7 Å².